The number of carboxylic acids is 1. The van der Waals surface area contributed by atoms with E-state index in [2.05, 4.69) is 30.9 Å². The highest BCUT2D eigenvalue weighted by atomic mass is 32.2. The van der Waals surface area contributed by atoms with Crippen LogP contribution in [0.15, 0.2) is 117 Å². The number of pyridine rings is 1. The van der Waals surface area contributed by atoms with Crippen molar-refractivity contribution in [3.8, 4) is 22.9 Å². The minimum absolute atomic E-state index is 0.00216. The number of hydrogen-bond donors (Lipinski definition) is 7. The minimum Gasteiger partial charge on any atom is -0.478 e. The number of rotatable bonds is 14. The molecule has 1 aliphatic rings. The van der Waals surface area contributed by atoms with Crippen LogP contribution in [0.1, 0.15) is 49.1 Å². The first kappa shape index (κ1) is 45.6. The Morgan fingerprint density at radius 1 is 0.672 bits per heavy atom. The molecule has 8 rings (SSSR count). The highest BCUT2D eigenvalue weighted by Crippen LogP contribution is 2.45. The van der Waals surface area contributed by atoms with Gasteiger partial charge in [0.15, 0.2) is 11.6 Å². The standard InChI is InChI=1S/C42H31N7O15S3/c1-3-43-40-46-41(48-42(47-40)64-22-13-11-20(12-14-22)39(53)54)45-28-18-27(30(66(58,59)60)19-31(28)67(61,62)63)44-26-15-16-29-34-32(24-9-4-5-10-25(24)37(51)33(26)34)35(38(52)49(29)2)36(50)21-7-6-8-23(17-21)65(55,56)57/h4-19,44H,3H2,1-2H3,(H,53,54)(H,55,56,57)(H,58,59,60)(H,61,62,63)(H2,43,45,46,47,48). The van der Waals surface area contributed by atoms with Crippen LogP contribution in [0.3, 0.4) is 0 Å². The molecule has 0 atom stereocenters. The molecule has 0 unspecified atom stereocenters. The van der Waals surface area contributed by atoms with Gasteiger partial charge in [-0.05, 0) is 73.2 Å². The Balaban J connectivity index is 1.32. The van der Waals surface area contributed by atoms with Crippen molar-refractivity contribution in [3.63, 3.8) is 0 Å². The maximum absolute atomic E-state index is 14.6. The van der Waals surface area contributed by atoms with Crippen molar-refractivity contribution >= 4 is 87.8 Å². The predicted octanol–water partition coefficient (Wildman–Crippen LogP) is 5.32. The summed E-state index contributed by atoms with van der Waals surface area (Å²) in [4.78, 5) is 64.1. The Labute approximate surface area is 378 Å². The van der Waals surface area contributed by atoms with Crippen molar-refractivity contribution in [1.29, 1.82) is 0 Å². The topological polar surface area (TPSA) is 341 Å². The maximum Gasteiger partial charge on any atom is 0.335 e. The monoisotopic (exact) mass is 969 g/mol. The van der Waals surface area contributed by atoms with Gasteiger partial charge in [-0.2, -0.15) is 40.2 Å². The van der Waals surface area contributed by atoms with Crippen molar-refractivity contribution in [2.24, 2.45) is 7.05 Å². The van der Waals surface area contributed by atoms with Crippen LogP contribution in [0, 0.1) is 0 Å². The Bertz CT molecular complexity index is 3710. The van der Waals surface area contributed by atoms with E-state index in [1.54, 1.807) is 13.0 Å². The van der Waals surface area contributed by atoms with Crippen molar-refractivity contribution < 1.29 is 63.1 Å². The lowest BCUT2D eigenvalue weighted by molar-refractivity contribution is 0.0696. The lowest BCUT2D eigenvalue weighted by atomic mass is 9.80. The fourth-order valence-corrected chi connectivity index (χ4v) is 9.25. The second kappa shape index (κ2) is 16.8. The SMILES string of the molecule is CCNc1nc(Nc2cc(Nc3ccc4c5c3C(=O)c3ccccc3-c5c(C(=O)c3cccc(S(=O)(=O)O)c3)c(=O)n4C)c(S(=O)(=O)O)cc2S(=O)(=O)O)nc(Oc2ccc(C(=O)O)cc2)n1. The molecule has 0 spiro atoms. The Morgan fingerprint density at radius 2 is 1.31 bits per heavy atom. The fourth-order valence-electron chi connectivity index (χ4n) is 7.34. The summed E-state index contributed by atoms with van der Waals surface area (Å²) >= 11 is 0. The Hall–Kier alpha value is -7.94. The summed E-state index contributed by atoms with van der Waals surface area (Å²) in [7, 11) is -14.2. The van der Waals surface area contributed by atoms with E-state index < -0.39 is 97.0 Å². The van der Waals surface area contributed by atoms with Gasteiger partial charge in [-0.3, -0.25) is 28.0 Å². The first-order valence-electron chi connectivity index (χ1n) is 19.2. The zero-order valence-corrected chi connectivity index (χ0v) is 36.7. The highest BCUT2D eigenvalue weighted by Gasteiger charge is 2.35. The van der Waals surface area contributed by atoms with Gasteiger partial charge in [0.2, 0.25) is 11.9 Å². The van der Waals surface area contributed by atoms with Crippen LogP contribution >= 0.6 is 0 Å². The van der Waals surface area contributed by atoms with E-state index >= 15 is 0 Å². The van der Waals surface area contributed by atoms with Gasteiger partial charge in [-0.1, -0.05) is 36.4 Å². The van der Waals surface area contributed by atoms with E-state index in [4.69, 9.17) is 4.74 Å². The third-order valence-corrected chi connectivity index (χ3v) is 12.9. The molecule has 0 bridgehead atoms. The highest BCUT2D eigenvalue weighted by molar-refractivity contribution is 7.87. The number of carbonyl (C=O) groups is 3. The predicted molar refractivity (Wildman–Crippen MR) is 238 cm³/mol. The van der Waals surface area contributed by atoms with E-state index in [9.17, 15) is 63.2 Å². The quantitative estimate of drug-likeness (QED) is 0.0536. The van der Waals surface area contributed by atoms with Gasteiger partial charge in [0.25, 0.3) is 35.9 Å². The molecule has 67 heavy (non-hydrogen) atoms. The molecule has 0 saturated carbocycles. The number of hydrogen-bond acceptors (Lipinski definition) is 17. The van der Waals surface area contributed by atoms with Gasteiger partial charge in [0.05, 0.1) is 44.2 Å². The van der Waals surface area contributed by atoms with E-state index in [0.717, 1.165) is 22.8 Å². The largest absolute Gasteiger partial charge is 0.478 e. The number of ether oxygens (including phenoxy) is 1. The average Bonchev–Trinajstić information content (AvgIpc) is 3.26. The molecule has 0 fully saturated rings. The lowest BCUT2D eigenvalue weighted by Gasteiger charge is -2.26. The summed E-state index contributed by atoms with van der Waals surface area (Å²) in [6, 6.07) is 18.9. The third kappa shape index (κ3) is 8.67. The van der Waals surface area contributed by atoms with Gasteiger partial charge < -0.3 is 30.4 Å². The molecule has 22 nitrogen and oxygen atoms in total. The molecule has 25 heteroatoms. The molecule has 0 saturated heterocycles. The van der Waals surface area contributed by atoms with E-state index in [1.807, 2.05) is 0 Å². The fraction of sp³-hybridized carbons (Fsp3) is 0.0714. The van der Waals surface area contributed by atoms with Crippen LogP contribution in [0.25, 0.3) is 22.0 Å². The summed E-state index contributed by atoms with van der Waals surface area (Å²) in [6.07, 6.45) is 0. The number of fused-ring (bicyclic) bond motifs is 2. The summed E-state index contributed by atoms with van der Waals surface area (Å²) in [5, 5.41) is 17.4. The van der Waals surface area contributed by atoms with E-state index in [0.29, 0.717) is 6.07 Å². The molecule has 0 amide bonds. The maximum atomic E-state index is 14.6. The number of benzene rings is 5. The Kier molecular flexibility index (Phi) is 11.4. The lowest BCUT2D eigenvalue weighted by Crippen LogP contribution is -2.29. The van der Waals surface area contributed by atoms with Crippen molar-refractivity contribution in [2.45, 2.75) is 21.6 Å². The number of carbonyl (C=O) groups excluding carboxylic acids is 2. The van der Waals surface area contributed by atoms with Crippen LogP contribution in [0.4, 0.5) is 29.0 Å². The first-order chi connectivity index (χ1) is 31.5. The number of aromatic carboxylic acids is 1. The van der Waals surface area contributed by atoms with Gasteiger partial charge in [-0.25, -0.2) is 4.79 Å². The van der Waals surface area contributed by atoms with Gasteiger partial charge in [-0.15, -0.1) is 0 Å². The number of carboxylic acid groups (broad SMARTS) is 1. The van der Waals surface area contributed by atoms with Crippen LogP contribution in [-0.2, 0) is 37.4 Å². The number of nitrogens with zero attached hydrogens (tertiary/aromatic N) is 4. The summed E-state index contributed by atoms with van der Waals surface area (Å²) < 4.78 is 113. The molecule has 7 N–H and O–H groups in total. The molecular weight excluding hydrogens is 939 g/mol. The second-order valence-corrected chi connectivity index (χ2v) is 18.7. The van der Waals surface area contributed by atoms with Gasteiger partial charge >= 0.3 is 12.0 Å². The summed E-state index contributed by atoms with van der Waals surface area (Å²) in [5.41, 5.74) is -3.20. The first-order valence-corrected chi connectivity index (χ1v) is 23.5. The van der Waals surface area contributed by atoms with Crippen LogP contribution in [0.2, 0.25) is 0 Å². The molecular formula is C42H31N7O15S3. The van der Waals surface area contributed by atoms with Crippen molar-refractivity contribution in [3.05, 3.63) is 135 Å². The molecule has 1 aliphatic carbocycles. The molecule has 342 valence electrons. The van der Waals surface area contributed by atoms with Crippen molar-refractivity contribution in [2.75, 3.05) is 22.5 Å². The molecule has 2 heterocycles. The van der Waals surface area contributed by atoms with E-state index in [-0.39, 0.29) is 68.2 Å². The number of aryl methyl sites for hydroxylation is 1. The third-order valence-electron chi connectivity index (χ3n) is 10.3. The van der Waals surface area contributed by atoms with Crippen molar-refractivity contribution in [1.82, 2.24) is 19.5 Å². The summed E-state index contributed by atoms with van der Waals surface area (Å²) in [5.74, 6) is -3.38. The van der Waals surface area contributed by atoms with Crippen LogP contribution in [0.5, 0.6) is 11.8 Å². The normalized spacial score (nSPS) is 12.3. The number of nitrogens with one attached hydrogen (secondary N) is 3. The molecule has 2 aromatic heterocycles. The molecule has 0 radical (unpaired) electrons. The van der Waals surface area contributed by atoms with E-state index in [1.165, 1.54) is 73.8 Å². The average molecular weight is 970 g/mol. The van der Waals surface area contributed by atoms with Gasteiger partial charge in [0, 0.05) is 35.7 Å². The zero-order chi connectivity index (χ0) is 48.3. The summed E-state index contributed by atoms with van der Waals surface area (Å²) in [6.45, 7) is 1.95. The van der Waals surface area contributed by atoms with Crippen LogP contribution < -0.4 is 26.2 Å². The number of ketones is 2. The molecule has 0 aliphatic heterocycles. The molecule has 5 aromatic carbocycles. The Morgan fingerprint density at radius 3 is 1.94 bits per heavy atom. The molecule has 7 aromatic rings. The zero-order valence-electron chi connectivity index (χ0n) is 34.2. The number of aromatic nitrogens is 4. The number of anilines is 5. The smallest absolute Gasteiger partial charge is 0.335 e. The second-order valence-electron chi connectivity index (χ2n) is 14.5. The van der Waals surface area contributed by atoms with Gasteiger partial charge in [0.1, 0.15) is 15.5 Å². The minimum atomic E-state index is -5.39. The van der Waals surface area contributed by atoms with Crippen LogP contribution in [-0.4, -0.2) is 87.6 Å².